The van der Waals surface area contributed by atoms with Gasteiger partial charge in [0.05, 0.1) is 6.42 Å². The van der Waals surface area contributed by atoms with Gasteiger partial charge in [-0.15, -0.1) is 0 Å². The Labute approximate surface area is 205 Å². The molecule has 1 saturated carbocycles. The van der Waals surface area contributed by atoms with Gasteiger partial charge in [0.15, 0.2) is 5.75 Å². The molecule has 8 heteroatoms. The highest BCUT2D eigenvalue weighted by Crippen LogP contribution is 2.41. The van der Waals surface area contributed by atoms with Crippen molar-refractivity contribution in [2.24, 2.45) is 5.92 Å². The average Bonchev–Trinajstić information content (AvgIpc) is 3.40. The van der Waals surface area contributed by atoms with Gasteiger partial charge in [0.1, 0.15) is 17.1 Å². The summed E-state index contributed by atoms with van der Waals surface area (Å²) in [6.45, 7) is 5.83. The molecule has 0 bridgehead atoms. The molecular weight excluding hydrogens is 468 g/mol. The van der Waals surface area contributed by atoms with Gasteiger partial charge in [-0.1, -0.05) is 36.3 Å². The van der Waals surface area contributed by atoms with Crippen LogP contribution in [0.2, 0.25) is 0 Å². The Morgan fingerprint density at radius 2 is 1.91 bits per heavy atom. The van der Waals surface area contributed by atoms with Crippen LogP contribution in [0.15, 0.2) is 40.8 Å². The largest absolute Gasteiger partial charge is 0.481 e. The summed E-state index contributed by atoms with van der Waals surface area (Å²) < 4.78 is 37.5. The number of aryl methyl sites for hydroxylation is 1. The first-order chi connectivity index (χ1) is 16.6. The molecule has 0 aromatic heterocycles. The van der Waals surface area contributed by atoms with Crippen molar-refractivity contribution in [2.45, 2.75) is 70.8 Å². The SMILES string of the molecule is CCc1c(C)c2c(c(OS(=O)(=O)c3ccc(C)cc3)c1C/C=C1\CCCC1CC(=O)O)C(=O)OC2. The molecular formula is C27H30O7S. The summed E-state index contributed by atoms with van der Waals surface area (Å²) in [6, 6.07) is 6.34. The lowest BCUT2D eigenvalue weighted by Gasteiger charge is -2.20. The molecule has 0 spiro atoms. The molecule has 4 rings (SSSR count). The monoisotopic (exact) mass is 498 g/mol. The number of carbonyl (C=O) groups excluding carboxylic acids is 1. The first-order valence-corrected chi connectivity index (χ1v) is 13.3. The van der Waals surface area contributed by atoms with Crippen LogP contribution < -0.4 is 4.18 Å². The third-order valence-corrected chi connectivity index (χ3v) is 8.25. The fourth-order valence-corrected chi connectivity index (χ4v) is 6.13. The summed E-state index contributed by atoms with van der Waals surface area (Å²) in [5.41, 5.74) is 5.24. The highest BCUT2D eigenvalue weighted by molar-refractivity contribution is 7.87. The maximum absolute atomic E-state index is 13.2. The predicted molar refractivity (Wildman–Crippen MR) is 130 cm³/mol. The quantitative estimate of drug-likeness (QED) is 0.308. The van der Waals surface area contributed by atoms with E-state index in [1.807, 2.05) is 26.8 Å². The van der Waals surface area contributed by atoms with Crippen LogP contribution in [0.4, 0.5) is 0 Å². The second-order valence-electron chi connectivity index (χ2n) is 9.22. The minimum atomic E-state index is -4.21. The van der Waals surface area contributed by atoms with Crippen molar-refractivity contribution >= 4 is 22.1 Å². The maximum atomic E-state index is 13.2. The van der Waals surface area contributed by atoms with E-state index >= 15 is 0 Å². The number of carboxylic acid groups (broad SMARTS) is 1. The number of allylic oxidation sites excluding steroid dienone is 2. The number of hydrogen-bond donors (Lipinski definition) is 1. The van der Waals surface area contributed by atoms with Gasteiger partial charge in [0.2, 0.25) is 0 Å². The lowest BCUT2D eigenvalue weighted by Crippen LogP contribution is -2.16. The van der Waals surface area contributed by atoms with Crippen molar-refractivity contribution in [2.75, 3.05) is 0 Å². The fourth-order valence-electron chi connectivity index (χ4n) is 5.16. The molecule has 0 amide bonds. The van der Waals surface area contributed by atoms with Crippen molar-refractivity contribution in [1.82, 2.24) is 0 Å². The number of cyclic esters (lactones) is 1. The number of esters is 1. The normalized spacial score (nSPS) is 18.5. The van der Waals surface area contributed by atoms with E-state index in [0.29, 0.717) is 24.0 Å². The van der Waals surface area contributed by atoms with Crippen molar-refractivity contribution in [3.05, 3.63) is 69.3 Å². The molecule has 1 fully saturated rings. The Balaban J connectivity index is 1.82. The molecule has 1 aliphatic heterocycles. The number of benzene rings is 2. The van der Waals surface area contributed by atoms with Crippen LogP contribution >= 0.6 is 0 Å². The van der Waals surface area contributed by atoms with E-state index in [2.05, 4.69) is 0 Å². The Bertz CT molecular complexity index is 1300. The molecule has 7 nitrogen and oxygen atoms in total. The molecule has 0 radical (unpaired) electrons. The summed E-state index contributed by atoms with van der Waals surface area (Å²) in [4.78, 5) is 24.0. The fraction of sp³-hybridized carbons (Fsp3) is 0.407. The summed E-state index contributed by atoms with van der Waals surface area (Å²) in [5.74, 6) is -1.44. The van der Waals surface area contributed by atoms with Crippen LogP contribution in [-0.4, -0.2) is 25.5 Å². The Hall–Kier alpha value is -3.13. The number of rotatable bonds is 8. The minimum absolute atomic E-state index is 0.00320. The van der Waals surface area contributed by atoms with Crippen molar-refractivity contribution in [3.8, 4) is 5.75 Å². The van der Waals surface area contributed by atoms with Gasteiger partial charge in [-0.25, -0.2) is 4.79 Å². The van der Waals surface area contributed by atoms with Crippen LogP contribution in [0.25, 0.3) is 0 Å². The summed E-state index contributed by atoms with van der Waals surface area (Å²) >= 11 is 0. The van der Waals surface area contributed by atoms with E-state index < -0.39 is 22.1 Å². The molecule has 1 unspecified atom stereocenters. The molecule has 2 aromatic carbocycles. The standard InChI is InChI=1S/C27H30O7S/c1-4-21-17(3)23-15-33-27(30)25(23)26(34-35(31,32)20-11-8-16(2)9-12-20)22(21)13-10-18-6-5-7-19(18)14-24(28)29/h8-12,19H,4-7,13-15H2,1-3H3,(H,28,29)/b18-10+. The lowest BCUT2D eigenvalue weighted by atomic mass is 9.88. The van der Waals surface area contributed by atoms with E-state index in [-0.39, 0.29) is 35.2 Å². The summed E-state index contributed by atoms with van der Waals surface area (Å²) in [7, 11) is -4.21. The Kier molecular flexibility index (Phi) is 7.03. The number of carboxylic acids is 1. The second kappa shape index (κ2) is 9.85. The van der Waals surface area contributed by atoms with E-state index in [4.69, 9.17) is 8.92 Å². The van der Waals surface area contributed by atoms with Crippen LogP contribution in [-0.2, 0) is 39.1 Å². The van der Waals surface area contributed by atoms with Gasteiger partial charge < -0.3 is 14.0 Å². The number of ether oxygens (including phenoxy) is 1. The molecule has 2 aromatic rings. The van der Waals surface area contributed by atoms with Crippen LogP contribution in [0, 0.1) is 19.8 Å². The third kappa shape index (κ3) is 4.98. The van der Waals surface area contributed by atoms with Crippen molar-refractivity contribution in [1.29, 1.82) is 0 Å². The zero-order valence-corrected chi connectivity index (χ0v) is 21.0. The highest BCUT2D eigenvalue weighted by Gasteiger charge is 2.35. The first-order valence-electron chi connectivity index (χ1n) is 11.9. The molecule has 35 heavy (non-hydrogen) atoms. The predicted octanol–water partition coefficient (Wildman–Crippen LogP) is 5.05. The Morgan fingerprint density at radius 1 is 1.20 bits per heavy atom. The molecule has 186 valence electrons. The molecule has 0 saturated heterocycles. The Morgan fingerprint density at radius 3 is 2.57 bits per heavy atom. The molecule has 2 aliphatic rings. The van der Waals surface area contributed by atoms with Crippen LogP contribution in [0.3, 0.4) is 0 Å². The van der Waals surface area contributed by atoms with Crippen molar-refractivity contribution < 1.29 is 32.0 Å². The van der Waals surface area contributed by atoms with E-state index in [1.165, 1.54) is 12.1 Å². The van der Waals surface area contributed by atoms with E-state index in [1.54, 1.807) is 12.1 Å². The van der Waals surface area contributed by atoms with Gasteiger partial charge in [-0.05, 0) is 75.1 Å². The average molecular weight is 499 g/mol. The minimum Gasteiger partial charge on any atom is -0.481 e. The van der Waals surface area contributed by atoms with Gasteiger partial charge in [0, 0.05) is 11.1 Å². The molecule has 1 atom stereocenters. The van der Waals surface area contributed by atoms with Crippen LogP contribution in [0.1, 0.15) is 70.8 Å². The van der Waals surface area contributed by atoms with Gasteiger partial charge >= 0.3 is 22.1 Å². The summed E-state index contributed by atoms with van der Waals surface area (Å²) in [6.07, 6.45) is 5.58. The number of hydrogen-bond acceptors (Lipinski definition) is 6. The zero-order valence-electron chi connectivity index (χ0n) is 20.2. The van der Waals surface area contributed by atoms with E-state index in [9.17, 15) is 23.1 Å². The molecule has 1 heterocycles. The number of fused-ring (bicyclic) bond motifs is 1. The van der Waals surface area contributed by atoms with Crippen molar-refractivity contribution in [3.63, 3.8) is 0 Å². The number of aliphatic carboxylic acids is 1. The lowest BCUT2D eigenvalue weighted by molar-refractivity contribution is -0.137. The first kappa shape index (κ1) is 25.0. The number of carbonyl (C=O) groups is 2. The van der Waals surface area contributed by atoms with Gasteiger partial charge in [-0.2, -0.15) is 8.42 Å². The smallest absolute Gasteiger partial charge is 0.342 e. The second-order valence-corrected chi connectivity index (χ2v) is 10.8. The van der Waals surface area contributed by atoms with Gasteiger partial charge in [-0.3, -0.25) is 4.79 Å². The van der Waals surface area contributed by atoms with Gasteiger partial charge in [0.25, 0.3) is 0 Å². The van der Waals surface area contributed by atoms with E-state index in [0.717, 1.165) is 41.5 Å². The molecule has 1 N–H and O–H groups in total. The highest BCUT2D eigenvalue weighted by atomic mass is 32.2. The maximum Gasteiger partial charge on any atom is 0.342 e. The summed E-state index contributed by atoms with van der Waals surface area (Å²) in [5, 5.41) is 9.26. The van der Waals surface area contributed by atoms with Crippen LogP contribution in [0.5, 0.6) is 5.75 Å². The zero-order chi connectivity index (χ0) is 25.3. The third-order valence-electron chi connectivity index (χ3n) is 7.01. The molecule has 1 aliphatic carbocycles. The topological polar surface area (TPSA) is 107 Å².